The summed E-state index contributed by atoms with van der Waals surface area (Å²) in [5, 5.41) is 15.7. The third-order valence-electron chi connectivity index (χ3n) is 2.99. The van der Waals surface area contributed by atoms with Gasteiger partial charge < -0.3 is 10.4 Å². The van der Waals surface area contributed by atoms with Gasteiger partial charge in [-0.15, -0.1) is 0 Å². The molecule has 2 aromatic rings. The number of thiophene rings is 1. The summed E-state index contributed by atoms with van der Waals surface area (Å²) in [5.74, 6) is -1.06. The van der Waals surface area contributed by atoms with Gasteiger partial charge in [-0.1, -0.05) is 18.2 Å². The summed E-state index contributed by atoms with van der Waals surface area (Å²) in [7, 11) is 0. The lowest BCUT2D eigenvalue weighted by Gasteiger charge is -2.23. The van der Waals surface area contributed by atoms with E-state index < -0.39 is 12.0 Å². The normalized spacial score (nSPS) is 11.7. The van der Waals surface area contributed by atoms with Gasteiger partial charge in [-0.2, -0.15) is 11.3 Å². The molecule has 0 aliphatic carbocycles. The Kier molecular flexibility index (Phi) is 4.94. The minimum absolute atomic E-state index is 0.177. The highest BCUT2D eigenvalue weighted by Crippen LogP contribution is 2.18. The molecule has 0 bridgehead atoms. The van der Waals surface area contributed by atoms with Crippen LogP contribution in [0.3, 0.4) is 0 Å². The summed E-state index contributed by atoms with van der Waals surface area (Å²) >= 11 is 1.55. The zero-order valence-electron chi connectivity index (χ0n) is 11.5. The largest absolute Gasteiger partial charge is 0.480 e. The molecule has 0 saturated heterocycles. The van der Waals surface area contributed by atoms with E-state index in [0.717, 1.165) is 5.56 Å². The van der Waals surface area contributed by atoms with Gasteiger partial charge in [-0.25, -0.2) is 4.79 Å². The van der Waals surface area contributed by atoms with Crippen LogP contribution in [0.5, 0.6) is 0 Å². The summed E-state index contributed by atoms with van der Waals surface area (Å²) in [6.45, 7) is 1.48. The number of carbonyl (C=O) groups is 2. The predicted molar refractivity (Wildman–Crippen MR) is 82.7 cm³/mol. The molecule has 0 spiro atoms. The molecule has 21 heavy (non-hydrogen) atoms. The van der Waals surface area contributed by atoms with Crippen LogP contribution in [0.25, 0.3) is 0 Å². The highest BCUT2D eigenvalue weighted by Gasteiger charge is 2.20. The molecule has 2 amide bonds. The number of nitrogens with zero attached hydrogens (tertiary/aromatic N) is 1. The van der Waals surface area contributed by atoms with Crippen molar-refractivity contribution in [1.29, 1.82) is 0 Å². The number of nitrogens with one attached hydrogen (secondary N) is 1. The second-order valence-corrected chi connectivity index (χ2v) is 5.32. The van der Waals surface area contributed by atoms with Crippen molar-refractivity contribution in [2.75, 3.05) is 11.4 Å². The molecular formula is C15H16N2O3S. The molecule has 2 rings (SSSR count). The fourth-order valence-corrected chi connectivity index (χ4v) is 2.65. The number of aliphatic carboxylic acids is 1. The fraction of sp³-hybridized carbons (Fsp3) is 0.200. The maximum absolute atomic E-state index is 12.3. The Morgan fingerprint density at radius 1 is 1.29 bits per heavy atom. The monoisotopic (exact) mass is 304 g/mol. The van der Waals surface area contributed by atoms with E-state index >= 15 is 0 Å². The first-order valence-electron chi connectivity index (χ1n) is 6.45. The van der Waals surface area contributed by atoms with Crippen LogP contribution in [0.1, 0.15) is 18.5 Å². The quantitative estimate of drug-likeness (QED) is 0.891. The van der Waals surface area contributed by atoms with E-state index in [1.54, 1.807) is 35.6 Å². The van der Waals surface area contributed by atoms with Gasteiger partial charge >= 0.3 is 12.0 Å². The average Bonchev–Trinajstić information content (AvgIpc) is 2.99. The number of carbonyl (C=O) groups excluding carboxylic acids is 1. The first kappa shape index (κ1) is 15.1. The number of carboxylic acids is 1. The van der Waals surface area contributed by atoms with E-state index in [4.69, 9.17) is 5.11 Å². The summed E-state index contributed by atoms with van der Waals surface area (Å²) < 4.78 is 0. The zero-order chi connectivity index (χ0) is 15.2. The van der Waals surface area contributed by atoms with Crippen molar-refractivity contribution in [1.82, 2.24) is 5.32 Å². The van der Waals surface area contributed by atoms with E-state index in [-0.39, 0.29) is 12.6 Å². The Morgan fingerprint density at radius 2 is 2.00 bits per heavy atom. The topological polar surface area (TPSA) is 69.6 Å². The first-order chi connectivity index (χ1) is 10.1. The van der Waals surface area contributed by atoms with E-state index in [1.165, 1.54) is 4.90 Å². The zero-order valence-corrected chi connectivity index (χ0v) is 12.3. The number of amides is 2. The van der Waals surface area contributed by atoms with Crippen LogP contribution in [-0.2, 0) is 4.79 Å². The standard InChI is InChI=1S/C15H16N2O3S/c1-11(12-7-8-21-10-12)16-15(20)17(9-14(18)19)13-5-3-2-4-6-13/h2-8,10-11H,9H2,1H3,(H,16,20)(H,18,19). The van der Waals surface area contributed by atoms with E-state index in [9.17, 15) is 9.59 Å². The van der Waals surface area contributed by atoms with Crippen LogP contribution in [0, 0.1) is 0 Å². The SMILES string of the molecule is CC(NC(=O)N(CC(=O)O)c1ccccc1)c1ccsc1. The highest BCUT2D eigenvalue weighted by atomic mass is 32.1. The summed E-state index contributed by atoms with van der Waals surface area (Å²) in [5.41, 5.74) is 1.55. The van der Waals surface area contributed by atoms with Crippen LogP contribution in [0.4, 0.5) is 10.5 Å². The summed E-state index contributed by atoms with van der Waals surface area (Å²) in [6.07, 6.45) is 0. The third-order valence-corrected chi connectivity index (χ3v) is 3.69. The van der Waals surface area contributed by atoms with Crippen molar-refractivity contribution in [2.45, 2.75) is 13.0 Å². The second-order valence-electron chi connectivity index (χ2n) is 4.54. The highest BCUT2D eigenvalue weighted by molar-refractivity contribution is 7.07. The molecule has 1 unspecified atom stereocenters. The van der Waals surface area contributed by atoms with E-state index in [2.05, 4.69) is 5.32 Å². The lowest BCUT2D eigenvalue weighted by atomic mass is 10.2. The predicted octanol–water partition coefficient (Wildman–Crippen LogP) is 3.11. The molecule has 0 saturated carbocycles. The minimum atomic E-state index is -1.06. The number of carboxylic acid groups (broad SMARTS) is 1. The lowest BCUT2D eigenvalue weighted by Crippen LogP contribution is -2.43. The smallest absolute Gasteiger partial charge is 0.323 e. The van der Waals surface area contributed by atoms with Crippen LogP contribution in [-0.4, -0.2) is 23.7 Å². The maximum atomic E-state index is 12.3. The lowest BCUT2D eigenvalue weighted by molar-refractivity contribution is -0.135. The van der Waals surface area contributed by atoms with Gasteiger partial charge in [0.05, 0.1) is 6.04 Å². The number of para-hydroxylation sites is 1. The maximum Gasteiger partial charge on any atom is 0.323 e. The van der Waals surface area contributed by atoms with Crippen molar-refractivity contribution >= 4 is 29.0 Å². The molecule has 1 atom stereocenters. The molecule has 110 valence electrons. The molecule has 1 aromatic carbocycles. The van der Waals surface area contributed by atoms with Gasteiger partial charge in [0.15, 0.2) is 0 Å². The number of hydrogen-bond acceptors (Lipinski definition) is 3. The van der Waals surface area contributed by atoms with Gasteiger partial charge in [0.25, 0.3) is 0 Å². The summed E-state index contributed by atoms with van der Waals surface area (Å²) in [4.78, 5) is 24.5. The number of benzene rings is 1. The van der Waals surface area contributed by atoms with Crippen LogP contribution < -0.4 is 10.2 Å². The van der Waals surface area contributed by atoms with Gasteiger partial charge in [0.1, 0.15) is 6.54 Å². The van der Waals surface area contributed by atoms with Crippen LogP contribution >= 0.6 is 11.3 Å². The fourth-order valence-electron chi connectivity index (χ4n) is 1.89. The molecular weight excluding hydrogens is 288 g/mol. The van der Waals surface area contributed by atoms with Gasteiger partial charge in [-0.3, -0.25) is 9.69 Å². The second kappa shape index (κ2) is 6.90. The molecule has 1 heterocycles. The van der Waals surface area contributed by atoms with E-state index in [0.29, 0.717) is 5.69 Å². The van der Waals surface area contributed by atoms with Crippen molar-refractivity contribution in [3.63, 3.8) is 0 Å². The molecule has 2 N–H and O–H groups in total. The number of rotatable bonds is 5. The molecule has 0 aliphatic heterocycles. The molecule has 0 radical (unpaired) electrons. The van der Waals surface area contributed by atoms with Crippen molar-refractivity contribution < 1.29 is 14.7 Å². The minimum Gasteiger partial charge on any atom is -0.480 e. The van der Waals surface area contributed by atoms with E-state index in [1.807, 2.05) is 29.8 Å². The van der Waals surface area contributed by atoms with Gasteiger partial charge in [-0.05, 0) is 41.4 Å². The Balaban J connectivity index is 2.13. The van der Waals surface area contributed by atoms with Crippen LogP contribution in [0.2, 0.25) is 0 Å². The molecule has 0 fully saturated rings. The van der Waals surface area contributed by atoms with Gasteiger partial charge in [0, 0.05) is 5.69 Å². The van der Waals surface area contributed by atoms with Crippen molar-refractivity contribution in [3.8, 4) is 0 Å². The molecule has 0 aliphatic rings. The Morgan fingerprint density at radius 3 is 2.57 bits per heavy atom. The first-order valence-corrected chi connectivity index (χ1v) is 7.39. The average molecular weight is 304 g/mol. The van der Waals surface area contributed by atoms with Gasteiger partial charge in [0.2, 0.25) is 0 Å². The summed E-state index contributed by atoms with van der Waals surface area (Å²) in [6, 6.07) is 10.1. The number of hydrogen-bond donors (Lipinski definition) is 2. The Labute approximate surface area is 126 Å². The Bertz CT molecular complexity index is 599. The molecule has 1 aromatic heterocycles. The number of urea groups is 1. The molecule has 5 nitrogen and oxygen atoms in total. The Hall–Kier alpha value is -2.34. The molecule has 6 heteroatoms. The third kappa shape index (κ3) is 4.06. The number of anilines is 1. The van der Waals surface area contributed by atoms with Crippen molar-refractivity contribution in [2.24, 2.45) is 0 Å². The van der Waals surface area contributed by atoms with Crippen molar-refractivity contribution in [3.05, 3.63) is 52.7 Å². The van der Waals surface area contributed by atoms with Crippen LogP contribution in [0.15, 0.2) is 47.2 Å².